The number of hydrogen-bond donors (Lipinski definition) is 0. The fraction of sp³-hybridized carbons (Fsp3) is 0.400. The quantitative estimate of drug-likeness (QED) is 0.718. The molecule has 0 spiro atoms. The molecule has 1 aliphatic rings. The first kappa shape index (κ1) is 16.8. The van der Waals surface area contributed by atoms with E-state index < -0.39 is 0 Å². The highest BCUT2D eigenvalue weighted by molar-refractivity contribution is 5.60. The molecule has 0 saturated carbocycles. The Morgan fingerprint density at radius 3 is 2.96 bits per heavy atom. The van der Waals surface area contributed by atoms with Crippen LogP contribution < -0.4 is 0 Å². The van der Waals surface area contributed by atoms with Crippen molar-refractivity contribution in [1.29, 1.82) is 0 Å². The summed E-state index contributed by atoms with van der Waals surface area (Å²) in [5, 5.41) is 4.02. The third-order valence-corrected chi connectivity index (χ3v) is 4.85. The van der Waals surface area contributed by atoms with Gasteiger partial charge in [0.25, 0.3) is 0 Å². The van der Waals surface area contributed by atoms with Crippen molar-refractivity contribution >= 4 is 0 Å². The Balaban J connectivity index is 1.59. The Hall–Kier alpha value is -2.60. The number of nitrogens with zero attached hydrogens (tertiary/aromatic N) is 5. The molecule has 4 rings (SSSR count). The van der Waals surface area contributed by atoms with Crippen LogP contribution in [0.4, 0.5) is 0 Å². The van der Waals surface area contributed by atoms with Crippen molar-refractivity contribution in [2.45, 2.75) is 39.2 Å². The number of rotatable bonds is 4. The number of pyridine rings is 1. The Bertz CT molecular complexity index is 877. The van der Waals surface area contributed by atoms with Crippen LogP contribution in [0.15, 0.2) is 41.3 Å². The SMILES string of the molecule is Cc1cc(-c2cnc(C)nc2C2CCCN(Cc3cccnc3)C2)on1. The van der Waals surface area contributed by atoms with Gasteiger partial charge in [0.15, 0.2) is 5.76 Å². The van der Waals surface area contributed by atoms with Gasteiger partial charge < -0.3 is 4.52 Å². The Labute approximate surface area is 153 Å². The average Bonchev–Trinajstić information content (AvgIpc) is 3.09. The van der Waals surface area contributed by atoms with E-state index in [-0.39, 0.29) is 0 Å². The van der Waals surface area contributed by atoms with Gasteiger partial charge in [-0.3, -0.25) is 9.88 Å². The standard InChI is InChI=1S/C20H23N5O/c1-14-9-19(26-24-14)18-11-22-15(2)23-20(18)17-6-4-8-25(13-17)12-16-5-3-7-21-10-16/h3,5,7,9-11,17H,4,6,8,12-13H2,1-2H3. The van der Waals surface area contributed by atoms with Gasteiger partial charge in [-0.15, -0.1) is 0 Å². The number of likely N-dealkylation sites (tertiary alicyclic amines) is 1. The molecule has 26 heavy (non-hydrogen) atoms. The molecule has 1 unspecified atom stereocenters. The summed E-state index contributed by atoms with van der Waals surface area (Å²) in [6, 6.07) is 6.08. The van der Waals surface area contributed by atoms with Gasteiger partial charge in [0.05, 0.1) is 17.0 Å². The van der Waals surface area contributed by atoms with Gasteiger partial charge in [0.2, 0.25) is 0 Å². The van der Waals surface area contributed by atoms with Crippen LogP contribution in [0.3, 0.4) is 0 Å². The second-order valence-corrected chi connectivity index (χ2v) is 6.98. The summed E-state index contributed by atoms with van der Waals surface area (Å²) in [5.41, 5.74) is 4.15. The van der Waals surface area contributed by atoms with Gasteiger partial charge >= 0.3 is 0 Å². The second kappa shape index (κ2) is 7.33. The number of aromatic nitrogens is 4. The lowest BCUT2D eigenvalue weighted by Crippen LogP contribution is -2.34. The van der Waals surface area contributed by atoms with E-state index in [0.29, 0.717) is 5.92 Å². The van der Waals surface area contributed by atoms with Gasteiger partial charge in [-0.2, -0.15) is 0 Å². The maximum absolute atomic E-state index is 5.49. The first-order valence-electron chi connectivity index (χ1n) is 9.07. The molecule has 3 aromatic rings. The predicted octanol–water partition coefficient (Wildman–Crippen LogP) is 3.52. The molecule has 0 aromatic carbocycles. The summed E-state index contributed by atoms with van der Waals surface area (Å²) in [6.45, 7) is 6.87. The van der Waals surface area contributed by atoms with E-state index in [0.717, 1.165) is 61.0 Å². The molecule has 1 fully saturated rings. The molecule has 134 valence electrons. The topological polar surface area (TPSA) is 67.9 Å². The van der Waals surface area contributed by atoms with Crippen LogP contribution in [0.5, 0.6) is 0 Å². The van der Waals surface area contributed by atoms with Crippen LogP contribution in [-0.4, -0.2) is 38.1 Å². The van der Waals surface area contributed by atoms with Crippen molar-refractivity contribution in [3.8, 4) is 11.3 Å². The lowest BCUT2D eigenvalue weighted by Gasteiger charge is -2.33. The summed E-state index contributed by atoms with van der Waals surface area (Å²) in [7, 11) is 0. The highest BCUT2D eigenvalue weighted by atomic mass is 16.5. The lowest BCUT2D eigenvalue weighted by molar-refractivity contribution is 0.198. The van der Waals surface area contributed by atoms with E-state index in [1.54, 1.807) is 0 Å². The first-order chi connectivity index (χ1) is 12.7. The molecule has 1 saturated heterocycles. The fourth-order valence-electron chi connectivity index (χ4n) is 3.65. The maximum Gasteiger partial charge on any atom is 0.170 e. The summed E-state index contributed by atoms with van der Waals surface area (Å²) >= 11 is 0. The van der Waals surface area contributed by atoms with Gasteiger partial charge in [-0.1, -0.05) is 11.2 Å². The van der Waals surface area contributed by atoms with Crippen LogP contribution in [0.2, 0.25) is 0 Å². The molecule has 4 heterocycles. The molecule has 0 aliphatic carbocycles. The number of hydrogen-bond acceptors (Lipinski definition) is 6. The molecule has 0 amide bonds. The number of aryl methyl sites for hydroxylation is 2. The third-order valence-electron chi connectivity index (χ3n) is 4.85. The van der Waals surface area contributed by atoms with E-state index in [2.05, 4.69) is 26.1 Å². The summed E-state index contributed by atoms with van der Waals surface area (Å²) in [5.74, 6) is 1.91. The molecule has 6 heteroatoms. The van der Waals surface area contributed by atoms with E-state index >= 15 is 0 Å². The molecule has 1 atom stereocenters. The molecule has 0 N–H and O–H groups in total. The molecule has 0 radical (unpaired) electrons. The highest BCUT2D eigenvalue weighted by Crippen LogP contribution is 2.33. The summed E-state index contributed by atoms with van der Waals surface area (Å²) in [6.07, 6.45) is 7.92. The fourth-order valence-corrected chi connectivity index (χ4v) is 3.65. The highest BCUT2D eigenvalue weighted by Gasteiger charge is 2.26. The zero-order valence-corrected chi connectivity index (χ0v) is 15.2. The third kappa shape index (κ3) is 3.65. The van der Waals surface area contributed by atoms with Crippen LogP contribution in [0.1, 0.15) is 41.5 Å². The minimum atomic E-state index is 0.363. The average molecular weight is 349 g/mol. The van der Waals surface area contributed by atoms with Crippen LogP contribution in [0, 0.1) is 13.8 Å². The van der Waals surface area contributed by atoms with Crippen LogP contribution in [0.25, 0.3) is 11.3 Å². The van der Waals surface area contributed by atoms with Crippen molar-refractivity contribution in [1.82, 2.24) is 25.0 Å². The van der Waals surface area contributed by atoms with Gasteiger partial charge in [0.1, 0.15) is 5.82 Å². The molecule has 0 bridgehead atoms. The van der Waals surface area contributed by atoms with E-state index in [1.807, 2.05) is 44.6 Å². The van der Waals surface area contributed by atoms with Gasteiger partial charge in [0, 0.05) is 43.7 Å². The Morgan fingerprint density at radius 1 is 1.27 bits per heavy atom. The van der Waals surface area contributed by atoms with Crippen molar-refractivity contribution in [3.63, 3.8) is 0 Å². The maximum atomic E-state index is 5.49. The molecule has 3 aromatic heterocycles. The summed E-state index contributed by atoms with van der Waals surface area (Å²) < 4.78 is 5.49. The number of piperidine rings is 1. The molecule has 6 nitrogen and oxygen atoms in total. The van der Waals surface area contributed by atoms with Crippen LogP contribution >= 0.6 is 0 Å². The zero-order valence-electron chi connectivity index (χ0n) is 15.2. The molecule has 1 aliphatic heterocycles. The summed E-state index contributed by atoms with van der Waals surface area (Å²) in [4.78, 5) is 15.9. The van der Waals surface area contributed by atoms with Gasteiger partial charge in [-0.05, 0) is 44.9 Å². The second-order valence-electron chi connectivity index (χ2n) is 6.98. The zero-order chi connectivity index (χ0) is 17.9. The van der Waals surface area contributed by atoms with Gasteiger partial charge in [-0.25, -0.2) is 9.97 Å². The normalized spacial score (nSPS) is 18.2. The van der Waals surface area contributed by atoms with Crippen molar-refractivity contribution in [2.75, 3.05) is 13.1 Å². The van der Waals surface area contributed by atoms with E-state index in [1.165, 1.54) is 5.56 Å². The predicted molar refractivity (Wildman–Crippen MR) is 98.5 cm³/mol. The monoisotopic (exact) mass is 349 g/mol. The van der Waals surface area contributed by atoms with Crippen molar-refractivity contribution in [2.24, 2.45) is 0 Å². The Morgan fingerprint density at radius 2 is 2.19 bits per heavy atom. The van der Waals surface area contributed by atoms with E-state index in [4.69, 9.17) is 9.51 Å². The van der Waals surface area contributed by atoms with Crippen molar-refractivity contribution < 1.29 is 4.52 Å². The lowest BCUT2D eigenvalue weighted by atomic mass is 9.91. The molecular formula is C20H23N5O. The van der Waals surface area contributed by atoms with Crippen molar-refractivity contribution in [3.05, 3.63) is 59.6 Å². The Kier molecular flexibility index (Phi) is 4.75. The first-order valence-corrected chi connectivity index (χ1v) is 9.07. The molecular weight excluding hydrogens is 326 g/mol. The van der Waals surface area contributed by atoms with E-state index in [9.17, 15) is 0 Å². The largest absolute Gasteiger partial charge is 0.356 e. The van der Waals surface area contributed by atoms with Crippen LogP contribution in [-0.2, 0) is 6.54 Å². The smallest absolute Gasteiger partial charge is 0.170 e. The minimum Gasteiger partial charge on any atom is -0.356 e. The minimum absolute atomic E-state index is 0.363.